The van der Waals surface area contributed by atoms with Gasteiger partial charge >= 0.3 is 0 Å². The molecule has 1 aliphatic carbocycles. The Balaban J connectivity index is 1.78. The molecular formula is C14H17Cl2NO2. The lowest BCUT2D eigenvalue weighted by Gasteiger charge is -2.18. The van der Waals surface area contributed by atoms with E-state index in [2.05, 4.69) is 5.32 Å². The first-order valence-electron chi connectivity index (χ1n) is 6.42. The molecule has 0 aliphatic heterocycles. The molecule has 1 aliphatic rings. The van der Waals surface area contributed by atoms with E-state index in [0.29, 0.717) is 22.6 Å². The summed E-state index contributed by atoms with van der Waals surface area (Å²) >= 11 is 11.7. The third-order valence-electron chi connectivity index (χ3n) is 3.37. The van der Waals surface area contributed by atoms with E-state index in [4.69, 9.17) is 27.9 Å². The molecule has 0 spiro atoms. The van der Waals surface area contributed by atoms with Gasteiger partial charge in [0.05, 0.1) is 0 Å². The molecule has 19 heavy (non-hydrogen) atoms. The second-order valence-corrected chi connectivity index (χ2v) is 5.51. The van der Waals surface area contributed by atoms with Crippen LogP contribution in [0, 0.1) is 5.92 Å². The Morgan fingerprint density at radius 3 is 3.00 bits per heavy atom. The molecule has 2 unspecified atom stereocenters. The predicted molar refractivity (Wildman–Crippen MR) is 76.9 cm³/mol. The highest BCUT2D eigenvalue weighted by Gasteiger charge is 2.27. The van der Waals surface area contributed by atoms with Crippen LogP contribution in [-0.2, 0) is 4.79 Å². The highest BCUT2D eigenvalue weighted by Crippen LogP contribution is 2.26. The minimum absolute atomic E-state index is 0.00580. The van der Waals surface area contributed by atoms with Gasteiger partial charge in [-0.25, -0.2) is 0 Å². The average Bonchev–Trinajstić information content (AvgIpc) is 2.84. The first-order chi connectivity index (χ1) is 9.19. The fourth-order valence-electron chi connectivity index (χ4n) is 2.37. The monoisotopic (exact) mass is 301 g/mol. The summed E-state index contributed by atoms with van der Waals surface area (Å²) in [5.41, 5.74) is 0. The summed E-state index contributed by atoms with van der Waals surface area (Å²) in [6.45, 7) is 0.00580. The minimum atomic E-state index is -0.109. The van der Waals surface area contributed by atoms with E-state index in [1.807, 2.05) is 0 Å². The Labute approximate surface area is 123 Å². The molecule has 1 saturated carbocycles. The van der Waals surface area contributed by atoms with Crippen molar-refractivity contribution in [3.05, 3.63) is 29.3 Å². The summed E-state index contributed by atoms with van der Waals surface area (Å²) in [6.07, 6.45) is 3.21. The summed E-state index contributed by atoms with van der Waals surface area (Å²) in [4.78, 5) is 11.8. The Bertz CT molecular complexity index is 439. The maximum atomic E-state index is 11.8. The van der Waals surface area contributed by atoms with Crippen molar-refractivity contribution in [2.24, 2.45) is 5.92 Å². The number of ether oxygens (including phenoxy) is 1. The van der Waals surface area contributed by atoms with Crippen LogP contribution in [-0.4, -0.2) is 24.4 Å². The lowest BCUT2D eigenvalue weighted by molar-refractivity contribution is -0.124. The highest BCUT2D eigenvalue weighted by molar-refractivity contribution is 6.30. The van der Waals surface area contributed by atoms with Gasteiger partial charge in [-0.1, -0.05) is 24.1 Å². The molecule has 1 aromatic rings. The van der Waals surface area contributed by atoms with Gasteiger partial charge in [0.25, 0.3) is 5.91 Å². The predicted octanol–water partition coefficient (Wildman–Crippen LogP) is 3.24. The average molecular weight is 302 g/mol. The van der Waals surface area contributed by atoms with Crippen LogP contribution in [0.25, 0.3) is 0 Å². The van der Waals surface area contributed by atoms with Crippen LogP contribution in [0.15, 0.2) is 24.3 Å². The van der Waals surface area contributed by atoms with Gasteiger partial charge in [-0.05, 0) is 37.0 Å². The van der Waals surface area contributed by atoms with Crippen LogP contribution in [0.5, 0.6) is 5.75 Å². The van der Waals surface area contributed by atoms with Crippen LogP contribution in [0.2, 0.25) is 5.02 Å². The molecule has 1 aromatic carbocycles. The second kappa shape index (κ2) is 7.01. The smallest absolute Gasteiger partial charge is 0.258 e. The van der Waals surface area contributed by atoms with E-state index in [1.165, 1.54) is 0 Å². The van der Waals surface area contributed by atoms with Gasteiger partial charge in [0, 0.05) is 16.9 Å². The number of rotatable bonds is 5. The SMILES string of the molecule is O=C(COc1cccc(Cl)c1)NC1CCCC1CCl. The van der Waals surface area contributed by atoms with Gasteiger partial charge in [-0.3, -0.25) is 4.79 Å². The van der Waals surface area contributed by atoms with Crippen molar-refractivity contribution in [3.63, 3.8) is 0 Å². The van der Waals surface area contributed by atoms with Gasteiger partial charge in [0.2, 0.25) is 0 Å². The second-order valence-electron chi connectivity index (χ2n) is 4.77. The van der Waals surface area contributed by atoms with Gasteiger partial charge < -0.3 is 10.1 Å². The Morgan fingerprint density at radius 1 is 1.42 bits per heavy atom. The van der Waals surface area contributed by atoms with E-state index in [-0.39, 0.29) is 18.6 Å². The van der Waals surface area contributed by atoms with Crippen molar-refractivity contribution in [1.29, 1.82) is 0 Å². The molecule has 2 atom stereocenters. The standard InChI is InChI=1S/C14H17Cl2NO2/c15-8-10-3-1-6-13(10)17-14(18)9-19-12-5-2-4-11(16)7-12/h2,4-5,7,10,13H,1,3,6,8-9H2,(H,17,18). The van der Waals surface area contributed by atoms with Crippen molar-refractivity contribution in [2.75, 3.05) is 12.5 Å². The fraction of sp³-hybridized carbons (Fsp3) is 0.500. The zero-order chi connectivity index (χ0) is 13.7. The molecule has 0 heterocycles. The number of alkyl halides is 1. The first-order valence-corrected chi connectivity index (χ1v) is 7.34. The molecule has 104 valence electrons. The zero-order valence-corrected chi connectivity index (χ0v) is 12.1. The number of amides is 1. The summed E-state index contributed by atoms with van der Waals surface area (Å²) in [6, 6.07) is 7.20. The number of hydrogen-bond donors (Lipinski definition) is 1. The van der Waals surface area contributed by atoms with Gasteiger partial charge in [-0.2, -0.15) is 0 Å². The Kier molecular flexibility index (Phi) is 5.34. The molecule has 3 nitrogen and oxygen atoms in total. The molecular weight excluding hydrogens is 285 g/mol. The maximum absolute atomic E-state index is 11.8. The molecule has 0 bridgehead atoms. The van der Waals surface area contributed by atoms with Crippen LogP contribution in [0.3, 0.4) is 0 Å². The number of halogens is 2. The van der Waals surface area contributed by atoms with Crippen molar-refractivity contribution < 1.29 is 9.53 Å². The highest BCUT2D eigenvalue weighted by atomic mass is 35.5. The molecule has 1 amide bonds. The van der Waals surface area contributed by atoms with Crippen LogP contribution in [0.1, 0.15) is 19.3 Å². The topological polar surface area (TPSA) is 38.3 Å². The van der Waals surface area contributed by atoms with E-state index in [1.54, 1.807) is 24.3 Å². The summed E-state index contributed by atoms with van der Waals surface area (Å²) in [5, 5.41) is 3.58. The van der Waals surface area contributed by atoms with Crippen LogP contribution in [0.4, 0.5) is 0 Å². The number of carbonyl (C=O) groups excluding carboxylic acids is 1. The largest absolute Gasteiger partial charge is 0.484 e. The molecule has 1 fully saturated rings. The molecule has 5 heteroatoms. The van der Waals surface area contributed by atoms with E-state index in [0.717, 1.165) is 19.3 Å². The first kappa shape index (κ1) is 14.5. The molecule has 0 aromatic heterocycles. The lowest BCUT2D eigenvalue weighted by atomic mass is 10.1. The minimum Gasteiger partial charge on any atom is -0.484 e. The lowest BCUT2D eigenvalue weighted by Crippen LogP contribution is -2.40. The molecule has 0 saturated heterocycles. The normalized spacial score (nSPS) is 22.2. The number of nitrogens with one attached hydrogen (secondary N) is 1. The van der Waals surface area contributed by atoms with Crippen LogP contribution < -0.4 is 10.1 Å². The third kappa shape index (κ3) is 4.29. The maximum Gasteiger partial charge on any atom is 0.258 e. The Morgan fingerprint density at radius 2 is 2.26 bits per heavy atom. The van der Waals surface area contributed by atoms with Gasteiger partial charge in [0.15, 0.2) is 6.61 Å². The number of carbonyl (C=O) groups is 1. The summed E-state index contributed by atoms with van der Waals surface area (Å²) < 4.78 is 5.40. The van der Waals surface area contributed by atoms with E-state index in [9.17, 15) is 4.79 Å². The van der Waals surface area contributed by atoms with E-state index >= 15 is 0 Å². The number of benzene rings is 1. The Hall–Kier alpha value is -0.930. The van der Waals surface area contributed by atoms with Gasteiger partial charge in [-0.15, -0.1) is 11.6 Å². The van der Waals surface area contributed by atoms with Crippen molar-refractivity contribution in [1.82, 2.24) is 5.32 Å². The van der Waals surface area contributed by atoms with Crippen molar-refractivity contribution in [2.45, 2.75) is 25.3 Å². The van der Waals surface area contributed by atoms with Crippen LogP contribution >= 0.6 is 23.2 Å². The molecule has 0 radical (unpaired) electrons. The fourth-order valence-corrected chi connectivity index (χ4v) is 2.92. The third-order valence-corrected chi connectivity index (χ3v) is 4.00. The zero-order valence-electron chi connectivity index (χ0n) is 10.6. The summed E-state index contributed by atoms with van der Waals surface area (Å²) in [5.74, 6) is 1.47. The number of hydrogen-bond acceptors (Lipinski definition) is 2. The van der Waals surface area contributed by atoms with Crippen molar-refractivity contribution >= 4 is 29.1 Å². The molecule has 2 rings (SSSR count). The van der Waals surface area contributed by atoms with Crippen molar-refractivity contribution in [3.8, 4) is 5.75 Å². The van der Waals surface area contributed by atoms with Gasteiger partial charge in [0.1, 0.15) is 5.75 Å². The molecule has 1 N–H and O–H groups in total. The quantitative estimate of drug-likeness (QED) is 0.848. The van der Waals surface area contributed by atoms with E-state index < -0.39 is 0 Å². The summed E-state index contributed by atoms with van der Waals surface area (Å²) in [7, 11) is 0.